The van der Waals surface area contributed by atoms with Gasteiger partial charge in [-0.3, -0.25) is 0 Å². The number of hydrogen-bond donors (Lipinski definition) is 1. The maximum Gasteiger partial charge on any atom is -0.00181 e. The third-order valence-electron chi connectivity index (χ3n) is 3.75. The maximum absolute atomic E-state index is 3.52. The van der Waals surface area contributed by atoms with Crippen molar-refractivity contribution in [3.05, 3.63) is 0 Å². The van der Waals surface area contributed by atoms with Gasteiger partial charge in [-0.05, 0) is 24.9 Å². The van der Waals surface area contributed by atoms with Crippen molar-refractivity contribution < 1.29 is 0 Å². The average molecular weight is 197 g/mol. The van der Waals surface area contributed by atoms with Crippen LogP contribution in [0, 0.1) is 11.8 Å². The SMILES string of the molecule is CCNCC(CC)C1CCCCCC1. The van der Waals surface area contributed by atoms with Gasteiger partial charge in [0.25, 0.3) is 0 Å². The van der Waals surface area contributed by atoms with E-state index in [2.05, 4.69) is 19.2 Å². The summed E-state index contributed by atoms with van der Waals surface area (Å²) >= 11 is 0. The van der Waals surface area contributed by atoms with Crippen LogP contribution < -0.4 is 5.32 Å². The molecule has 0 aromatic heterocycles. The fourth-order valence-electron chi connectivity index (χ4n) is 2.76. The fourth-order valence-corrected chi connectivity index (χ4v) is 2.76. The number of rotatable bonds is 5. The molecule has 1 fully saturated rings. The molecule has 0 aliphatic heterocycles. The second kappa shape index (κ2) is 7.28. The Morgan fingerprint density at radius 2 is 1.71 bits per heavy atom. The Balaban J connectivity index is 2.32. The summed E-state index contributed by atoms with van der Waals surface area (Å²) in [6, 6.07) is 0. The van der Waals surface area contributed by atoms with Gasteiger partial charge >= 0.3 is 0 Å². The quantitative estimate of drug-likeness (QED) is 0.664. The zero-order valence-electron chi connectivity index (χ0n) is 10.0. The van der Waals surface area contributed by atoms with Crippen molar-refractivity contribution in [2.24, 2.45) is 11.8 Å². The Bertz CT molecular complexity index is 125. The molecule has 0 saturated heterocycles. The largest absolute Gasteiger partial charge is 0.317 e. The lowest BCUT2D eigenvalue weighted by Gasteiger charge is -2.25. The van der Waals surface area contributed by atoms with Crippen molar-refractivity contribution >= 4 is 0 Å². The smallest absolute Gasteiger partial charge is 0.00181 e. The van der Waals surface area contributed by atoms with Gasteiger partial charge in [0, 0.05) is 0 Å². The molecule has 1 rings (SSSR count). The van der Waals surface area contributed by atoms with E-state index in [-0.39, 0.29) is 0 Å². The highest BCUT2D eigenvalue weighted by Crippen LogP contribution is 2.30. The predicted octanol–water partition coefficient (Wildman–Crippen LogP) is 3.59. The summed E-state index contributed by atoms with van der Waals surface area (Å²) in [5.74, 6) is 1.95. The lowest BCUT2D eigenvalue weighted by molar-refractivity contribution is 0.280. The summed E-state index contributed by atoms with van der Waals surface area (Å²) in [6.07, 6.45) is 10.3. The zero-order valence-corrected chi connectivity index (χ0v) is 10.0. The molecular formula is C13H27N. The van der Waals surface area contributed by atoms with E-state index >= 15 is 0 Å². The van der Waals surface area contributed by atoms with Gasteiger partial charge in [-0.2, -0.15) is 0 Å². The Labute approximate surface area is 89.7 Å². The molecule has 1 aliphatic rings. The highest BCUT2D eigenvalue weighted by molar-refractivity contribution is 4.73. The molecule has 0 heterocycles. The molecule has 1 unspecified atom stereocenters. The first-order valence-corrected chi connectivity index (χ1v) is 6.59. The monoisotopic (exact) mass is 197 g/mol. The molecule has 1 atom stereocenters. The highest BCUT2D eigenvalue weighted by atomic mass is 14.8. The van der Waals surface area contributed by atoms with Gasteiger partial charge in [-0.25, -0.2) is 0 Å². The Hall–Kier alpha value is -0.0400. The summed E-state index contributed by atoms with van der Waals surface area (Å²) in [7, 11) is 0. The summed E-state index contributed by atoms with van der Waals surface area (Å²) in [4.78, 5) is 0. The normalized spacial score (nSPS) is 21.9. The molecule has 1 aliphatic carbocycles. The van der Waals surface area contributed by atoms with Gasteiger partial charge in [-0.1, -0.05) is 58.8 Å². The topological polar surface area (TPSA) is 12.0 Å². The molecule has 0 bridgehead atoms. The van der Waals surface area contributed by atoms with Crippen LogP contribution in [0.25, 0.3) is 0 Å². The van der Waals surface area contributed by atoms with E-state index in [1.54, 1.807) is 0 Å². The second-order valence-electron chi connectivity index (χ2n) is 4.73. The van der Waals surface area contributed by atoms with E-state index in [1.807, 2.05) is 0 Å². The Kier molecular flexibility index (Phi) is 6.25. The van der Waals surface area contributed by atoms with Crippen LogP contribution in [0.5, 0.6) is 0 Å². The van der Waals surface area contributed by atoms with Crippen LogP contribution in [0.4, 0.5) is 0 Å². The lowest BCUT2D eigenvalue weighted by Crippen LogP contribution is -2.27. The predicted molar refractivity (Wildman–Crippen MR) is 63.5 cm³/mol. The van der Waals surface area contributed by atoms with Gasteiger partial charge in [0.1, 0.15) is 0 Å². The maximum atomic E-state index is 3.52. The van der Waals surface area contributed by atoms with E-state index in [0.717, 1.165) is 18.4 Å². The molecule has 0 radical (unpaired) electrons. The van der Waals surface area contributed by atoms with Crippen LogP contribution in [0.2, 0.25) is 0 Å². The van der Waals surface area contributed by atoms with Crippen molar-refractivity contribution in [3.8, 4) is 0 Å². The first kappa shape index (κ1) is 12.0. The second-order valence-corrected chi connectivity index (χ2v) is 4.73. The van der Waals surface area contributed by atoms with Gasteiger partial charge in [0.2, 0.25) is 0 Å². The molecule has 14 heavy (non-hydrogen) atoms. The summed E-state index contributed by atoms with van der Waals surface area (Å²) in [6.45, 7) is 6.94. The van der Waals surface area contributed by atoms with Gasteiger partial charge in [0.15, 0.2) is 0 Å². The highest BCUT2D eigenvalue weighted by Gasteiger charge is 2.20. The molecule has 0 aromatic rings. The Morgan fingerprint density at radius 3 is 2.21 bits per heavy atom. The van der Waals surface area contributed by atoms with Crippen LogP contribution in [0.15, 0.2) is 0 Å². The van der Waals surface area contributed by atoms with Crippen molar-refractivity contribution in [1.29, 1.82) is 0 Å². The molecule has 1 heteroatoms. The van der Waals surface area contributed by atoms with Crippen molar-refractivity contribution in [2.75, 3.05) is 13.1 Å². The third-order valence-corrected chi connectivity index (χ3v) is 3.75. The molecule has 1 nitrogen and oxygen atoms in total. The minimum atomic E-state index is 0.938. The third kappa shape index (κ3) is 4.00. The molecule has 0 amide bonds. The van der Waals surface area contributed by atoms with Crippen molar-refractivity contribution in [1.82, 2.24) is 5.32 Å². The molecule has 84 valence electrons. The fraction of sp³-hybridized carbons (Fsp3) is 1.00. The average Bonchev–Trinajstić information content (AvgIpc) is 2.48. The minimum absolute atomic E-state index is 0.938. The van der Waals surface area contributed by atoms with Gasteiger partial charge in [0.05, 0.1) is 0 Å². The number of hydrogen-bond acceptors (Lipinski definition) is 1. The minimum Gasteiger partial charge on any atom is -0.317 e. The van der Waals surface area contributed by atoms with Crippen LogP contribution >= 0.6 is 0 Å². The molecule has 1 N–H and O–H groups in total. The number of nitrogens with one attached hydrogen (secondary N) is 1. The summed E-state index contributed by atoms with van der Waals surface area (Å²) in [5.41, 5.74) is 0. The summed E-state index contributed by atoms with van der Waals surface area (Å²) in [5, 5.41) is 3.52. The molecule has 0 aromatic carbocycles. The first-order valence-electron chi connectivity index (χ1n) is 6.59. The van der Waals surface area contributed by atoms with Gasteiger partial charge in [-0.15, -0.1) is 0 Å². The van der Waals surface area contributed by atoms with E-state index < -0.39 is 0 Å². The van der Waals surface area contributed by atoms with Gasteiger partial charge < -0.3 is 5.32 Å². The van der Waals surface area contributed by atoms with E-state index in [9.17, 15) is 0 Å². The van der Waals surface area contributed by atoms with E-state index in [0.29, 0.717) is 0 Å². The van der Waals surface area contributed by atoms with E-state index in [1.165, 1.54) is 51.5 Å². The van der Waals surface area contributed by atoms with Crippen LogP contribution in [-0.2, 0) is 0 Å². The zero-order chi connectivity index (χ0) is 10.2. The first-order chi connectivity index (χ1) is 6.88. The Morgan fingerprint density at radius 1 is 1.07 bits per heavy atom. The van der Waals surface area contributed by atoms with Crippen LogP contribution in [0.3, 0.4) is 0 Å². The molecule has 0 spiro atoms. The lowest BCUT2D eigenvalue weighted by atomic mass is 9.84. The van der Waals surface area contributed by atoms with Crippen LogP contribution in [0.1, 0.15) is 58.8 Å². The van der Waals surface area contributed by atoms with Crippen LogP contribution in [-0.4, -0.2) is 13.1 Å². The summed E-state index contributed by atoms with van der Waals surface area (Å²) < 4.78 is 0. The standard InChI is InChI=1S/C13H27N/c1-3-12(11-14-4-2)13-9-7-5-6-8-10-13/h12-14H,3-11H2,1-2H3. The van der Waals surface area contributed by atoms with Crippen molar-refractivity contribution in [3.63, 3.8) is 0 Å². The molecular weight excluding hydrogens is 170 g/mol. The molecule has 1 saturated carbocycles. The van der Waals surface area contributed by atoms with E-state index in [4.69, 9.17) is 0 Å². The van der Waals surface area contributed by atoms with Crippen molar-refractivity contribution in [2.45, 2.75) is 58.8 Å².